The number of hydrogen-bond donors (Lipinski definition) is 1. The highest BCUT2D eigenvalue weighted by Crippen LogP contribution is 2.52. The highest BCUT2D eigenvalue weighted by molar-refractivity contribution is 5.99. The van der Waals surface area contributed by atoms with Crippen molar-refractivity contribution in [2.45, 2.75) is 97.1 Å². The van der Waals surface area contributed by atoms with Crippen LogP contribution in [-0.2, 0) is 0 Å². The second-order valence-corrected chi connectivity index (χ2v) is 12.5. The summed E-state index contributed by atoms with van der Waals surface area (Å²) >= 11 is 0. The van der Waals surface area contributed by atoms with Crippen molar-refractivity contribution in [3.63, 3.8) is 0 Å². The Labute approximate surface area is 197 Å². The van der Waals surface area contributed by atoms with Gasteiger partial charge in [-0.3, -0.25) is 14.4 Å². The van der Waals surface area contributed by atoms with Gasteiger partial charge in [0.1, 0.15) is 11.1 Å². The van der Waals surface area contributed by atoms with E-state index in [4.69, 9.17) is 0 Å². The van der Waals surface area contributed by atoms with Crippen molar-refractivity contribution < 1.29 is 9.59 Å². The SMILES string of the molecule is CC1(C)C[C@H]2C[C@](C)(CN2C(=O)c2cn(C3CC3)cc(C(=O)NCC3CCCCC3)c2=O)C1. The summed E-state index contributed by atoms with van der Waals surface area (Å²) in [4.78, 5) is 42.2. The van der Waals surface area contributed by atoms with E-state index in [1.165, 1.54) is 19.3 Å². The number of hydrogen-bond acceptors (Lipinski definition) is 3. The fourth-order valence-corrected chi connectivity index (χ4v) is 7.07. The topological polar surface area (TPSA) is 71.4 Å². The predicted molar refractivity (Wildman–Crippen MR) is 128 cm³/mol. The molecule has 2 bridgehead atoms. The van der Waals surface area contributed by atoms with Gasteiger partial charge in [-0.2, -0.15) is 0 Å². The van der Waals surface area contributed by atoms with Crippen molar-refractivity contribution in [2.75, 3.05) is 13.1 Å². The second kappa shape index (κ2) is 8.28. The Morgan fingerprint density at radius 3 is 2.36 bits per heavy atom. The summed E-state index contributed by atoms with van der Waals surface area (Å²) in [5.74, 6) is -0.0307. The average Bonchev–Trinajstić information content (AvgIpc) is 3.57. The van der Waals surface area contributed by atoms with Gasteiger partial charge in [-0.15, -0.1) is 0 Å². The van der Waals surface area contributed by atoms with Crippen molar-refractivity contribution in [1.29, 1.82) is 0 Å². The van der Waals surface area contributed by atoms with Gasteiger partial charge < -0.3 is 14.8 Å². The number of aromatic nitrogens is 1. The number of nitrogens with one attached hydrogen (secondary N) is 1. The zero-order valence-corrected chi connectivity index (χ0v) is 20.5. The van der Waals surface area contributed by atoms with Crippen LogP contribution in [0.4, 0.5) is 0 Å². The third-order valence-corrected chi connectivity index (χ3v) is 8.44. The van der Waals surface area contributed by atoms with E-state index in [1.807, 2.05) is 9.47 Å². The van der Waals surface area contributed by atoms with Crippen molar-refractivity contribution >= 4 is 11.8 Å². The van der Waals surface area contributed by atoms with Crippen LogP contribution in [0.2, 0.25) is 0 Å². The maximum absolute atomic E-state index is 13.7. The number of likely N-dealkylation sites (tertiary alicyclic amines) is 1. The lowest BCUT2D eigenvalue weighted by atomic mass is 9.65. The molecule has 2 atom stereocenters. The zero-order chi connectivity index (χ0) is 23.4. The summed E-state index contributed by atoms with van der Waals surface area (Å²) < 4.78 is 1.94. The Morgan fingerprint density at radius 1 is 0.970 bits per heavy atom. The zero-order valence-electron chi connectivity index (χ0n) is 20.5. The molecule has 1 saturated heterocycles. The molecule has 2 amide bonds. The number of fused-ring (bicyclic) bond motifs is 2. The van der Waals surface area contributed by atoms with Gasteiger partial charge in [0.15, 0.2) is 0 Å². The van der Waals surface area contributed by atoms with Crippen LogP contribution in [0.15, 0.2) is 17.2 Å². The number of pyridine rings is 1. The van der Waals surface area contributed by atoms with Gasteiger partial charge in [-0.25, -0.2) is 0 Å². The molecule has 5 rings (SSSR count). The predicted octanol–water partition coefficient (Wildman–Crippen LogP) is 4.53. The highest BCUT2D eigenvalue weighted by Gasteiger charge is 2.51. The summed E-state index contributed by atoms with van der Waals surface area (Å²) in [5.41, 5.74) is 0.177. The van der Waals surface area contributed by atoms with E-state index in [2.05, 4.69) is 26.1 Å². The molecule has 33 heavy (non-hydrogen) atoms. The van der Waals surface area contributed by atoms with E-state index in [0.717, 1.165) is 44.9 Å². The Kier molecular flexibility index (Phi) is 5.69. The molecule has 3 aliphatic carbocycles. The summed E-state index contributed by atoms with van der Waals surface area (Å²) in [5, 5.41) is 3.01. The quantitative estimate of drug-likeness (QED) is 0.712. The van der Waals surface area contributed by atoms with Crippen LogP contribution in [0.25, 0.3) is 0 Å². The van der Waals surface area contributed by atoms with Crippen molar-refractivity contribution in [2.24, 2.45) is 16.7 Å². The van der Waals surface area contributed by atoms with E-state index in [9.17, 15) is 14.4 Å². The van der Waals surface area contributed by atoms with E-state index in [1.54, 1.807) is 12.4 Å². The van der Waals surface area contributed by atoms with Gasteiger partial charge in [0.05, 0.1) is 0 Å². The molecule has 0 aromatic carbocycles. The van der Waals surface area contributed by atoms with Gasteiger partial charge in [-0.05, 0) is 61.7 Å². The summed E-state index contributed by atoms with van der Waals surface area (Å²) in [6.45, 7) is 8.14. The van der Waals surface area contributed by atoms with Crippen LogP contribution in [0, 0.1) is 16.7 Å². The maximum Gasteiger partial charge on any atom is 0.259 e. The molecular formula is C27H39N3O3. The van der Waals surface area contributed by atoms with Crippen LogP contribution < -0.4 is 10.7 Å². The molecule has 6 heteroatoms. The Hall–Kier alpha value is -2.11. The van der Waals surface area contributed by atoms with E-state index < -0.39 is 5.43 Å². The monoisotopic (exact) mass is 453 g/mol. The summed E-state index contributed by atoms with van der Waals surface area (Å²) in [7, 11) is 0. The van der Waals surface area contributed by atoms with E-state index >= 15 is 0 Å². The minimum atomic E-state index is -0.413. The summed E-state index contributed by atoms with van der Waals surface area (Å²) in [6.07, 6.45) is 14.5. The average molecular weight is 454 g/mol. The standard InChI is InChI=1S/C27H39N3O3/c1-26(2)11-20-12-27(3,16-26)17-30(20)25(33)22-15-29(19-9-10-19)14-21(23(22)31)24(32)28-13-18-7-5-4-6-8-18/h14-15,18-20H,4-13,16-17H2,1-3H3,(H,28,32)/t20-,27-/m0/s1. The molecule has 0 unspecified atom stereocenters. The Morgan fingerprint density at radius 2 is 1.67 bits per heavy atom. The molecule has 4 fully saturated rings. The molecule has 1 aromatic rings. The van der Waals surface area contributed by atoms with Crippen molar-refractivity contribution in [3.8, 4) is 0 Å². The molecule has 1 N–H and O–H groups in total. The van der Waals surface area contributed by atoms with Gasteiger partial charge in [0.25, 0.3) is 11.8 Å². The fourth-order valence-electron chi connectivity index (χ4n) is 7.07. The Balaban J connectivity index is 1.40. The molecule has 6 nitrogen and oxygen atoms in total. The minimum Gasteiger partial charge on any atom is -0.352 e. The van der Waals surface area contributed by atoms with Gasteiger partial charge >= 0.3 is 0 Å². The Bertz CT molecular complexity index is 1000. The highest BCUT2D eigenvalue weighted by atomic mass is 16.2. The van der Waals surface area contributed by atoms with E-state index in [0.29, 0.717) is 19.0 Å². The lowest BCUT2D eigenvalue weighted by Crippen LogP contribution is -2.41. The van der Waals surface area contributed by atoms with Crippen LogP contribution in [0.3, 0.4) is 0 Å². The molecule has 0 radical (unpaired) electrons. The first-order valence-corrected chi connectivity index (χ1v) is 13.0. The first-order chi connectivity index (χ1) is 15.6. The normalized spacial score (nSPS) is 29.2. The maximum atomic E-state index is 13.7. The largest absolute Gasteiger partial charge is 0.352 e. The molecule has 1 aliphatic heterocycles. The van der Waals surface area contributed by atoms with Crippen LogP contribution >= 0.6 is 0 Å². The number of amides is 2. The number of rotatable bonds is 5. The lowest BCUT2D eigenvalue weighted by Gasteiger charge is -2.39. The van der Waals surface area contributed by atoms with E-state index in [-0.39, 0.29) is 45.9 Å². The van der Waals surface area contributed by atoms with Gasteiger partial charge in [0, 0.05) is 37.6 Å². The van der Waals surface area contributed by atoms with Gasteiger partial charge in [0.2, 0.25) is 5.43 Å². The summed E-state index contributed by atoms with van der Waals surface area (Å²) in [6, 6.07) is 0.458. The van der Waals surface area contributed by atoms with Gasteiger partial charge in [-0.1, -0.05) is 40.0 Å². The molecule has 4 aliphatic rings. The molecule has 3 saturated carbocycles. The number of carbonyl (C=O) groups excluding carboxylic acids is 2. The first kappa shape index (κ1) is 22.7. The van der Waals surface area contributed by atoms with Crippen LogP contribution in [-0.4, -0.2) is 40.4 Å². The van der Waals surface area contributed by atoms with Crippen molar-refractivity contribution in [3.05, 3.63) is 33.7 Å². The number of carbonyl (C=O) groups is 2. The van der Waals surface area contributed by atoms with Crippen LogP contribution in [0.1, 0.15) is 112 Å². The number of nitrogens with zero attached hydrogens (tertiary/aromatic N) is 2. The molecular weight excluding hydrogens is 414 g/mol. The fraction of sp³-hybridized carbons (Fsp3) is 0.741. The molecule has 180 valence electrons. The first-order valence-electron chi connectivity index (χ1n) is 13.0. The van der Waals surface area contributed by atoms with Crippen LogP contribution in [0.5, 0.6) is 0 Å². The van der Waals surface area contributed by atoms with Crippen molar-refractivity contribution in [1.82, 2.24) is 14.8 Å². The minimum absolute atomic E-state index is 0.104. The smallest absolute Gasteiger partial charge is 0.259 e. The third kappa shape index (κ3) is 4.63. The molecule has 1 aromatic heterocycles. The molecule has 2 heterocycles. The second-order valence-electron chi connectivity index (χ2n) is 12.5. The third-order valence-electron chi connectivity index (χ3n) is 8.44. The molecule has 0 spiro atoms. The lowest BCUT2D eigenvalue weighted by molar-refractivity contribution is 0.0706.